The monoisotopic (exact) mass is 421 g/mol. The van der Waals surface area contributed by atoms with E-state index in [0.717, 1.165) is 44.1 Å². The summed E-state index contributed by atoms with van der Waals surface area (Å²) in [6, 6.07) is 11.2. The maximum absolute atomic E-state index is 12.3. The Bertz CT molecular complexity index is 483. The van der Waals surface area contributed by atoms with Gasteiger partial charge in [-0.15, -0.1) is 24.8 Å². The Morgan fingerprint density at radius 1 is 1.27 bits per heavy atom. The third-order valence-corrected chi connectivity index (χ3v) is 5.74. The van der Waals surface area contributed by atoms with E-state index in [1.54, 1.807) is 0 Å². The minimum Gasteiger partial charge on any atom is -0.354 e. The van der Waals surface area contributed by atoms with Crippen LogP contribution in [0, 0.1) is 0 Å². The van der Waals surface area contributed by atoms with Crippen LogP contribution < -0.4 is 10.6 Å². The Morgan fingerprint density at radius 2 is 1.96 bits per heavy atom. The zero-order valence-electron chi connectivity index (χ0n) is 15.8. The van der Waals surface area contributed by atoms with E-state index in [0.29, 0.717) is 18.5 Å². The Hall–Kier alpha value is -0.460. The largest absolute Gasteiger partial charge is 0.354 e. The molecule has 7 heteroatoms. The van der Waals surface area contributed by atoms with E-state index in [-0.39, 0.29) is 30.7 Å². The lowest BCUT2D eigenvalue weighted by Gasteiger charge is -2.30. The van der Waals surface area contributed by atoms with E-state index >= 15 is 0 Å². The molecule has 1 saturated heterocycles. The van der Waals surface area contributed by atoms with Gasteiger partial charge in [0.1, 0.15) is 0 Å². The van der Waals surface area contributed by atoms with Crippen LogP contribution >= 0.6 is 36.6 Å². The Balaban J connectivity index is 0.00000312. The number of carbonyl (C=O) groups is 1. The third-order valence-electron chi connectivity index (χ3n) is 4.61. The smallest absolute Gasteiger partial charge is 0.221 e. The van der Waals surface area contributed by atoms with Crippen LogP contribution in [-0.4, -0.2) is 60.6 Å². The molecule has 1 aliphatic rings. The van der Waals surface area contributed by atoms with Crippen LogP contribution in [0.1, 0.15) is 25.8 Å². The van der Waals surface area contributed by atoms with Crippen LogP contribution in [0.25, 0.3) is 0 Å². The molecule has 1 aromatic rings. The van der Waals surface area contributed by atoms with Gasteiger partial charge in [-0.1, -0.05) is 44.2 Å². The van der Waals surface area contributed by atoms with Gasteiger partial charge in [0, 0.05) is 43.1 Å². The van der Waals surface area contributed by atoms with E-state index in [4.69, 9.17) is 0 Å². The van der Waals surface area contributed by atoms with Gasteiger partial charge in [-0.05, 0) is 25.1 Å². The van der Waals surface area contributed by atoms with Crippen LogP contribution in [0.5, 0.6) is 0 Å². The normalized spacial score (nSPS) is 17.7. The van der Waals surface area contributed by atoms with Gasteiger partial charge in [0.25, 0.3) is 0 Å². The predicted molar refractivity (Wildman–Crippen MR) is 118 cm³/mol. The molecule has 2 rings (SSSR count). The highest BCUT2D eigenvalue weighted by Gasteiger charge is 2.20. The second-order valence-corrected chi connectivity index (χ2v) is 7.45. The fourth-order valence-electron chi connectivity index (χ4n) is 3.23. The number of benzene rings is 1. The van der Waals surface area contributed by atoms with Gasteiger partial charge in [0.2, 0.25) is 5.91 Å². The Kier molecular flexibility index (Phi) is 14.3. The molecule has 2 atom stereocenters. The Morgan fingerprint density at radius 3 is 2.54 bits per heavy atom. The highest BCUT2D eigenvalue weighted by Crippen LogP contribution is 2.11. The average Bonchev–Trinajstić information content (AvgIpc) is 2.62. The van der Waals surface area contributed by atoms with Crippen LogP contribution in [0.15, 0.2) is 30.3 Å². The molecule has 2 N–H and O–H groups in total. The molecule has 4 nitrogen and oxygen atoms in total. The first-order chi connectivity index (χ1) is 11.7. The van der Waals surface area contributed by atoms with Crippen molar-refractivity contribution in [1.82, 2.24) is 15.5 Å². The highest BCUT2D eigenvalue weighted by atomic mass is 35.5. The Labute approximate surface area is 175 Å². The van der Waals surface area contributed by atoms with Crippen LogP contribution in [-0.2, 0) is 11.2 Å². The van der Waals surface area contributed by atoms with E-state index in [2.05, 4.69) is 53.6 Å². The predicted octanol–water partition coefficient (Wildman–Crippen LogP) is 2.99. The number of rotatable bonds is 9. The zero-order chi connectivity index (χ0) is 17.2. The summed E-state index contributed by atoms with van der Waals surface area (Å²) in [5.74, 6) is 2.36. The SMILES string of the molecule is CCN(CC)C(CNC(=O)CC1CSCCN1)Cc1ccccc1.Cl.Cl. The second-order valence-electron chi connectivity index (χ2n) is 6.30. The highest BCUT2D eigenvalue weighted by molar-refractivity contribution is 7.99. The molecule has 0 aliphatic carbocycles. The molecule has 150 valence electrons. The van der Waals surface area contributed by atoms with Crippen molar-refractivity contribution in [1.29, 1.82) is 0 Å². The molecule has 0 aromatic heterocycles. The summed E-state index contributed by atoms with van der Waals surface area (Å²) in [4.78, 5) is 14.7. The van der Waals surface area contributed by atoms with Crippen molar-refractivity contribution in [3.05, 3.63) is 35.9 Å². The number of carbonyl (C=O) groups excluding carboxylic acids is 1. The van der Waals surface area contributed by atoms with Gasteiger partial charge in [-0.2, -0.15) is 11.8 Å². The maximum Gasteiger partial charge on any atom is 0.221 e. The molecule has 0 saturated carbocycles. The molecule has 0 spiro atoms. The second kappa shape index (κ2) is 14.6. The van der Waals surface area contributed by atoms with Crippen LogP contribution in [0.2, 0.25) is 0 Å². The molecular weight excluding hydrogens is 389 g/mol. The number of hydrogen-bond acceptors (Lipinski definition) is 4. The summed E-state index contributed by atoms with van der Waals surface area (Å²) in [6.45, 7) is 8.11. The molecule has 0 bridgehead atoms. The first-order valence-corrected chi connectivity index (χ1v) is 10.2. The first kappa shape index (κ1) is 25.5. The number of nitrogens with one attached hydrogen (secondary N) is 2. The molecule has 1 heterocycles. The molecule has 26 heavy (non-hydrogen) atoms. The van der Waals surface area contributed by atoms with Crippen molar-refractivity contribution in [3.8, 4) is 0 Å². The van der Waals surface area contributed by atoms with Crippen LogP contribution in [0.4, 0.5) is 0 Å². The number of thioether (sulfide) groups is 1. The zero-order valence-corrected chi connectivity index (χ0v) is 18.2. The minimum absolute atomic E-state index is 0. The van der Waals surface area contributed by atoms with Crippen molar-refractivity contribution in [3.63, 3.8) is 0 Å². The van der Waals surface area contributed by atoms with Crippen molar-refractivity contribution in [2.45, 2.75) is 38.8 Å². The topological polar surface area (TPSA) is 44.4 Å². The number of nitrogens with zero attached hydrogens (tertiary/aromatic N) is 1. The lowest BCUT2D eigenvalue weighted by Crippen LogP contribution is -2.47. The maximum atomic E-state index is 12.3. The van der Waals surface area contributed by atoms with Crippen molar-refractivity contribution in [2.24, 2.45) is 0 Å². The van der Waals surface area contributed by atoms with Gasteiger partial charge in [-0.25, -0.2) is 0 Å². The number of likely N-dealkylation sites (N-methyl/N-ethyl adjacent to an activating group) is 1. The minimum atomic E-state index is 0. The average molecular weight is 422 g/mol. The quantitative estimate of drug-likeness (QED) is 0.642. The molecule has 0 radical (unpaired) electrons. The van der Waals surface area contributed by atoms with E-state index in [1.807, 2.05) is 17.8 Å². The van der Waals surface area contributed by atoms with Gasteiger partial charge in [0.05, 0.1) is 0 Å². The third kappa shape index (κ3) is 8.96. The summed E-state index contributed by atoms with van der Waals surface area (Å²) in [6.07, 6.45) is 1.56. The lowest BCUT2D eigenvalue weighted by molar-refractivity contribution is -0.121. The molecule has 1 fully saturated rings. The van der Waals surface area contributed by atoms with E-state index < -0.39 is 0 Å². The van der Waals surface area contributed by atoms with Gasteiger partial charge in [-0.3, -0.25) is 9.69 Å². The van der Waals surface area contributed by atoms with E-state index in [1.165, 1.54) is 5.56 Å². The number of hydrogen-bond donors (Lipinski definition) is 2. The summed E-state index contributed by atoms with van der Waals surface area (Å²) < 4.78 is 0. The van der Waals surface area contributed by atoms with Gasteiger partial charge >= 0.3 is 0 Å². The molecular formula is C19H33Cl2N3OS. The lowest BCUT2D eigenvalue weighted by atomic mass is 10.0. The van der Waals surface area contributed by atoms with Gasteiger partial charge in [0.15, 0.2) is 0 Å². The number of amides is 1. The van der Waals surface area contributed by atoms with Crippen molar-refractivity contribution >= 4 is 42.5 Å². The standard InChI is InChI=1S/C19H31N3OS.2ClH/c1-3-22(4-2)18(12-16-8-6-5-7-9-16)14-21-19(23)13-17-15-24-11-10-20-17;;/h5-9,17-18,20H,3-4,10-15H2,1-2H3,(H,21,23);2*1H. The summed E-state index contributed by atoms with van der Waals surface area (Å²) in [7, 11) is 0. The molecule has 1 aromatic carbocycles. The van der Waals surface area contributed by atoms with Crippen molar-refractivity contribution in [2.75, 3.05) is 37.7 Å². The van der Waals surface area contributed by atoms with E-state index in [9.17, 15) is 4.79 Å². The fraction of sp³-hybridized carbons (Fsp3) is 0.632. The molecule has 1 aliphatic heterocycles. The summed E-state index contributed by atoms with van der Waals surface area (Å²) >= 11 is 1.93. The summed E-state index contributed by atoms with van der Waals surface area (Å²) in [5.41, 5.74) is 1.33. The van der Waals surface area contributed by atoms with Crippen LogP contribution in [0.3, 0.4) is 0 Å². The van der Waals surface area contributed by atoms with Crippen molar-refractivity contribution < 1.29 is 4.79 Å². The molecule has 1 amide bonds. The number of halogens is 2. The first-order valence-electron chi connectivity index (χ1n) is 9.08. The van der Waals surface area contributed by atoms with Gasteiger partial charge < -0.3 is 10.6 Å². The molecule has 2 unspecified atom stereocenters. The summed E-state index contributed by atoms with van der Waals surface area (Å²) in [5, 5.41) is 6.60. The fourth-order valence-corrected chi connectivity index (χ4v) is 4.18.